The van der Waals surface area contributed by atoms with Crippen molar-refractivity contribution < 1.29 is 0 Å². The molecule has 0 unspecified atom stereocenters. The largest absolute Gasteiger partial charge is 0.338 e. The second-order valence-corrected chi connectivity index (χ2v) is 17.1. The highest BCUT2D eigenvalue weighted by Crippen LogP contribution is 2.41. The molecule has 15 aromatic rings. The Labute approximate surface area is 360 Å². The summed E-state index contributed by atoms with van der Waals surface area (Å²) < 4.78 is 7.95. The van der Waals surface area contributed by atoms with E-state index in [4.69, 9.17) is 0 Å². The lowest BCUT2D eigenvalue weighted by atomic mass is 9.97. The van der Waals surface area contributed by atoms with Crippen molar-refractivity contribution in [3.05, 3.63) is 213 Å². The smallest absolute Gasteiger partial charge is 0.309 e. The van der Waals surface area contributed by atoms with Gasteiger partial charge in [0.15, 0.2) is 10.9 Å². The van der Waals surface area contributed by atoms with Gasteiger partial charge in [-0.15, -0.1) is 0 Å². The summed E-state index contributed by atoms with van der Waals surface area (Å²) >= 11 is 0. The third-order valence-corrected chi connectivity index (χ3v) is 14.0. The molecule has 0 aliphatic heterocycles. The number of fused-ring (bicyclic) bond motifs is 12. The predicted molar refractivity (Wildman–Crippen MR) is 263 cm³/mol. The van der Waals surface area contributed by atoms with Crippen molar-refractivity contribution in [1.82, 2.24) is 17.9 Å². The lowest BCUT2D eigenvalue weighted by molar-refractivity contribution is 1.00. The average Bonchev–Trinajstić information content (AvgIpc) is 3.84. The molecule has 7 nitrogen and oxygen atoms in total. The van der Waals surface area contributed by atoms with Gasteiger partial charge in [-0.3, -0.25) is 18.4 Å². The Morgan fingerprint density at radius 1 is 0.281 bits per heavy atom. The van der Waals surface area contributed by atoms with Crippen molar-refractivity contribution in [1.29, 1.82) is 0 Å². The molecule has 0 bridgehead atoms. The number of benzene rings is 10. The highest BCUT2D eigenvalue weighted by molar-refractivity contribution is 6.23. The van der Waals surface area contributed by atoms with Crippen molar-refractivity contribution in [2.75, 3.05) is 0 Å². The molecule has 5 aromatic heterocycles. The molecule has 0 saturated carbocycles. The molecule has 0 radical (unpaired) electrons. The number of hydrogen-bond acceptors (Lipinski definition) is 3. The van der Waals surface area contributed by atoms with Gasteiger partial charge in [-0.05, 0) is 76.8 Å². The normalized spacial score (nSPS) is 12.6. The van der Waals surface area contributed by atoms with Crippen LogP contribution in [0, 0.1) is 0 Å². The van der Waals surface area contributed by atoms with Crippen LogP contribution in [0.5, 0.6) is 0 Å². The second-order valence-electron chi connectivity index (χ2n) is 17.1. The summed E-state index contributed by atoms with van der Waals surface area (Å²) in [6.07, 6.45) is 0. The third-order valence-electron chi connectivity index (χ3n) is 14.0. The van der Waals surface area contributed by atoms with Crippen LogP contribution in [0.1, 0.15) is 0 Å². The van der Waals surface area contributed by atoms with Crippen molar-refractivity contribution in [2.24, 2.45) is 0 Å². The number of nitrogens with zero attached hydrogens (tertiary/aromatic N) is 4. The summed E-state index contributed by atoms with van der Waals surface area (Å²) in [7, 11) is 0. The van der Waals surface area contributed by atoms with Gasteiger partial charge in [-0.25, -0.2) is 4.79 Å². The van der Waals surface area contributed by atoms with Crippen molar-refractivity contribution in [3.8, 4) is 11.4 Å². The molecule has 0 spiro atoms. The molecule has 0 aliphatic carbocycles. The Bertz CT molecular complexity index is 4490. The maximum atomic E-state index is 15.9. The Morgan fingerprint density at radius 2 is 0.688 bits per heavy atom. The first-order valence-corrected chi connectivity index (χ1v) is 21.5. The second kappa shape index (κ2) is 11.8. The Kier molecular flexibility index (Phi) is 6.22. The Balaban J connectivity index is 1.14. The highest BCUT2D eigenvalue weighted by atomic mass is 16.1. The monoisotopic (exact) mass is 818 g/mol. The summed E-state index contributed by atoms with van der Waals surface area (Å²) in [5.74, 6) is 0. The van der Waals surface area contributed by atoms with Crippen molar-refractivity contribution >= 4 is 120 Å². The quantitative estimate of drug-likeness (QED) is 0.129. The summed E-state index contributed by atoms with van der Waals surface area (Å²) in [6, 6.07) is 61.4. The fraction of sp³-hybridized carbons (Fsp3) is 0. The standard InChI is InChI=1S/C57H30N4O3/c62-55-38-25-23-33-24-26-39-54-52(33)53(38)60(50-27-40-36-17-5-7-19-46(36)58(48(40)29-42(50)55)44-21-9-13-31-11-1-3-15-34(31)44)57(64)61(54)51-28-41-37-18-6-8-20-47(37)59(49(41)30-43(51)56(39)63)45-22-10-14-32-12-2-4-16-35(32)45/h1-30H. The molecule has 0 N–H and O–H groups in total. The molecule has 296 valence electrons. The van der Waals surface area contributed by atoms with E-state index in [1.54, 1.807) is 8.80 Å². The Hall–Kier alpha value is -8.81. The van der Waals surface area contributed by atoms with Crippen LogP contribution in [0.3, 0.4) is 0 Å². The van der Waals surface area contributed by atoms with Gasteiger partial charge in [0.05, 0.1) is 55.5 Å². The van der Waals surface area contributed by atoms with Crippen LogP contribution in [0.25, 0.3) is 131 Å². The summed E-state index contributed by atoms with van der Waals surface area (Å²) in [5.41, 5.74) is 7.18. The van der Waals surface area contributed by atoms with Gasteiger partial charge >= 0.3 is 5.69 Å². The van der Waals surface area contributed by atoms with Crippen molar-refractivity contribution in [3.63, 3.8) is 0 Å². The van der Waals surface area contributed by atoms with Gasteiger partial charge < -0.3 is 9.13 Å². The fourth-order valence-corrected chi connectivity index (χ4v) is 11.3. The highest BCUT2D eigenvalue weighted by Gasteiger charge is 2.26. The van der Waals surface area contributed by atoms with Gasteiger partial charge in [-0.2, -0.15) is 0 Å². The van der Waals surface area contributed by atoms with Crippen LogP contribution < -0.4 is 16.5 Å². The lowest BCUT2D eigenvalue weighted by Gasteiger charge is -2.19. The molecular formula is C57H30N4O3. The van der Waals surface area contributed by atoms with Crippen LogP contribution in [0.2, 0.25) is 0 Å². The molecule has 10 aromatic carbocycles. The first-order valence-electron chi connectivity index (χ1n) is 21.5. The topological polar surface area (TPSA) is 69.9 Å². The van der Waals surface area contributed by atoms with Crippen LogP contribution in [-0.4, -0.2) is 17.9 Å². The number of rotatable bonds is 2. The first-order chi connectivity index (χ1) is 31.5. The number of para-hydroxylation sites is 2. The zero-order chi connectivity index (χ0) is 42.1. The van der Waals surface area contributed by atoms with E-state index in [9.17, 15) is 0 Å². The predicted octanol–water partition coefficient (Wildman–Crippen LogP) is 12.3. The minimum Gasteiger partial charge on any atom is -0.309 e. The van der Waals surface area contributed by atoms with Gasteiger partial charge in [0, 0.05) is 59.2 Å². The molecule has 0 amide bonds. The maximum Gasteiger partial charge on any atom is 0.338 e. The summed E-state index contributed by atoms with van der Waals surface area (Å²) in [6.45, 7) is 0. The van der Waals surface area contributed by atoms with Gasteiger partial charge in [0.25, 0.3) is 0 Å². The van der Waals surface area contributed by atoms with Crippen LogP contribution >= 0.6 is 0 Å². The van der Waals surface area contributed by atoms with Crippen molar-refractivity contribution in [2.45, 2.75) is 0 Å². The van der Waals surface area contributed by atoms with Gasteiger partial charge in [-0.1, -0.05) is 121 Å². The first kappa shape index (κ1) is 33.9. The van der Waals surface area contributed by atoms with Crippen LogP contribution in [0.4, 0.5) is 0 Å². The molecule has 64 heavy (non-hydrogen) atoms. The average molecular weight is 819 g/mol. The third kappa shape index (κ3) is 4.05. The number of aromatic nitrogens is 4. The van der Waals surface area contributed by atoms with E-state index in [2.05, 4.69) is 94.1 Å². The molecule has 0 fully saturated rings. The van der Waals surface area contributed by atoms with Crippen LogP contribution in [-0.2, 0) is 0 Å². The van der Waals surface area contributed by atoms with E-state index in [0.29, 0.717) is 49.0 Å². The summed E-state index contributed by atoms with van der Waals surface area (Å²) in [5, 5.41) is 11.6. The number of pyridine rings is 2. The molecule has 0 atom stereocenters. The number of hydrogen-bond donors (Lipinski definition) is 0. The van der Waals surface area contributed by atoms with E-state index in [1.807, 2.05) is 97.1 Å². The lowest BCUT2D eigenvalue weighted by Crippen LogP contribution is -2.27. The van der Waals surface area contributed by atoms with Crippen LogP contribution in [0.15, 0.2) is 196 Å². The van der Waals surface area contributed by atoms with Gasteiger partial charge in [0.2, 0.25) is 0 Å². The van der Waals surface area contributed by atoms with E-state index >= 15 is 14.4 Å². The molecule has 5 heterocycles. The van der Waals surface area contributed by atoms with E-state index in [1.165, 1.54) is 0 Å². The molecular weight excluding hydrogens is 789 g/mol. The maximum absolute atomic E-state index is 15.9. The fourth-order valence-electron chi connectivity index (χ4n) is 11.3. The molecule has 0 aliphatic rings. The SMILES string of the molecule is O=c1c2cc3c(cc2n2c(=O)n4c5cc6c7ccccc7n(-c7cccc8ccccc78)c6cc5c(=O)c5ccc6ccc1c2c6c54)c1ccccc1n3-c1cccc2ccccc12. The Morgan fingerprint density at radius 3 is 1.17 bits per heavy atom. The molecule has 7 heteroatoms. The van der Waals surface area contributed by atoms with E-state index in [-0.39, 0.29) is 16.5 Å². The van der Waals surface area contributed by atoms with E-state index in [0.717, 1.165) is 81.9 Å². The zero-order valence-electron chi connectivity index (χ0n) is 33.8. The molecule has 15 rings (SSSR count). The minimum atomic E-state index is -0.342. The molecule has 0 saturated heterocycles. The summed E-state index contributed by atoms with van der Waals surface area (Å²) in [4.78, 5) is 45.9. The zero-order valence-corrected chi connectivity index (χ0v) is 33.8. The van der Waals surface area contributed by atoms with E-state index < -0.39 is 0 Å². The minimum absolute atomic E-state index is 0.163. The van der Waals surface area contributed by atoms with Gasteiger partial charge in [0.1, 0.15) is 0 Å².